The first kappa shape index (κ1) is 31.0. The van der Waals surface area contributed by atoms with E-state index in [2.05, 4.69) is 5.32 Å². The molecule has 0 atom stereocenters. The number of hydrogen-bond donors (Lipinski definition) is 1. The molecule has 13 heteroatoms. The van der Waals surface area contributed by atoms with E-state index < -0.39 is 18.5 Å². The third-order valence-corrected chi connectivity index (χ3v) is 0.903. The number of carbonyl (C=O) groups is 4. The molecule has 1 N–H and O–H groups in total. The number of amides is 1. The standard InChI is InChI=1S/C4H7NO.3CH2O3.2Al/c6-4-2-1-3-5-4;3*2-1(3)4;;/h1-3H2,(H,5,6);3*(H2,2,3,4);;/q;;;;2*+3/p-6. The zero-order valence-electron chi connectivity index (χ0n) is 9.86. The van der Waals surface area contributed by atoms with Gasteiger partial charge in [0.25, 0.3) is 0 Å². The van der Waals surface area contributed by atoms with Crippen LogP contribution in [0.3, 0.4) is 0 Å². The van der Waals surface area contributed by atoms with Gasteiger partial charge in [-0.15, -0.1) is 0 Å². The maximum Gasteiger partial charge on any atom is 3.00 e. The molecule has 0 bridgehead atoms. The van der Waals surface area contributed by atoms with Gasteiger partial charge in [-0.05, 0) is 24.9 Å². The molecule has 0 spiro atoms. The summed E-state index contributed by atoms with van der Waals surface area (Å²) in [5, 5.41) is 52.7. The molecule has 11 nitrogen and oxygen atoms in total. The Labute approximate surface area is 134 Å². The van der Waals surface area contributed by atoms with Crippen molar-refractivity contribution in [2.75, 3.05) is 6.54 Å². The molecule has 0 aliphatic carbocycles. The van der Waals surface area contributed by atoms with Crippen molar-refractivity contribution in [3.8, 4) is 0 Å². The van der Waals surface area contributed by atoms with Crippen LogP contribution in [0, 0.1) is 0 Å². The zero-order valence-corrected chi connectivity index (χ0v) is 12.2. The van der Waals surface area contributed by atoms with Crippen LogP contribution in [0.1, 0.15) is 12.8 Å². The van der Waals surface area contributed by atoms with Gasteiger partial charge in [0.15, 0.2) is 0 Å². The Morgan fingerprint density at radius 3 is 1.10 bits per heavy atom. The molecule has 1 aliphatic rings. The Morgan fingerprint density at radius 1 is 0.800 bits per heavy atom. The van der Waals surface area contributed by atoms with E-state index in [-0.39, 0.29) is 40.6 Å². The van der Waals surface area contributed by atoms with Crippen LogP contribution in [0.25, 0.3) is 0 Å². The first-order chi connectivity index (χ1) is 8.09. The van der Waals surface area contributed by atoms with Crippen molar-refractivity contribution >= 4 is 59.1 Å². The van der Waals surface area contributed by atoms with Crippen LogP contribution in [-0.4, -0.2) is 65.6 Å². The van der Waals surface area contributed by atoms with Crippen LogP contribution in [0.2, 0.25) is 0 Å². The molecule has 0 saturated carbocycles. The predicted molar refractivity (Wildman–Crippen MR) is 49.9 cm³/mol. The molecule has 1 amide bonds. The molecule has 20 heavy (non-hydrogen) atoms. The van der Waals surface area contributed by atoms with Gasteiger partial charge < -0.3 is 50.3 Å². The van der Waals surface area contributed by atoms with Crippen molar-refractivity contribution in [2.24, 2.45) is 0 Å². The average Bonchev–Trinajstić information content (AvgIpc) is 2.51. The van der Waals surface area contributed by atoms with Crippen LogP contribution in [0.4, 0.5) is 14.4 Å². The van der Waals surface area contributed by atoms with Gasteiger partial charge in [-0.25, -0.2) is 0 Å². The second-order valence-electron chi connectivity index (χ2n) is 2.20. The second kappa shape index (κ2) is 22.5. The first-order valence-electron chi connectivity index (χ1n) is 4.00. The molecule has 0 radical (unpaired) electrons. The van der Waals surface area contributed by atoms with E-state index in [1.54, 1.807) is 0 Å². The van der Waals surface area contributed by atoms with E-state index in [4.69, 9.17) is 45.0 Å². The Kier molecular flexibility index (Phi) is 34.9. The van der Waals surface area contributed by atoms with Crippen LogP contribution in [-0.2, 0) is 4.79 Å². The molecular formula is C7H7Al2NO10. The maximum atomic E-state index is 10.1. The normalized spacial score (nSPS) is 9.90. The Bertz CT molecular complexity index is 236. The average molecular weight is 319 g/mol. The summed E-state index contributed by atoms with van der Waals surface area (Å²) in [6.45, 7) is 0.888. The smallest absolute Gasteiger partial charge is 0.652 e. The van der Waals surface area contributed by atoms with Crippen molar-refractivity contribution in [1.82, 2.24) is 5.32 Å². The Hall–Kier alpha value is -1.66. The number of carboxylic acid groups (broad SMARTS) is 6. The van der Waals surface area contributed by atoms with E-state index in [1.165, 1.54) is 0 Å². The van der Waals surface area contributed by atoms with Crippen molar-refractivity contribution in [1.29, 1.82) is 0 Å². The van der Waals surface area contributed by atoms with Crippen molar-refractivity contribution in [3.05, 3.63) is 0 Å². The second-order valence-corrected chi connectivity index (χ2v) is 2.20. The summed E-state index contributed by atoms with van der Waals surface area (Å²) < 4.78 is 0. The summed E-state index contributed by atoms with van der Waals surface area (Å²) in [6, 6.07) is 0. The summed E-state index contributed by atoms with van der Waals surface area (Å²) in [4.78, 5) is 35.1. The molecule has 1 heterocycles. The van der Waals surface area contributed by atoms with E-state index in [1.807, 2.05) is 0 Å². The molecule has 1 aliphatic heterocycles. The minimum atomic E-state index is -2.33. The fraction of sp³-hybridized carbons (Fsp3) is 0.429. The largest absolute Gasteiger partial charge is 3.00 e. The maximum absolute atomic E-state index is 10.1. The van der Waals surface area contributed by atoms with Crippen molar-refractivity contribution in [3.63, 3.8) is 0 Å². The Morgan fingerprint density at radius 2 is 1.05 bits per heavy atom. The third-order valence-electron chi connectivity index (χ3n) is 0.903. The summed E-state index contributed by atoms with van der Waals surface area (Å²) in [5.41, 5.74) is 0. The molecule has 1 saturated heterocycles. The third kappa shape index (κ3) is 135. The van der Waals surface area contributed by atoms with Gasteiger partial charge in [-0.2, -0.15) is 0 Å². The number of rotatable bonds is 0. The van der Waals surface area contributed by atoms with Gasteiger partial charge in [-0.1, -0.05) is 0 Å². The van der Waals surface area contributed by atoms with E-state index in [0.717, 1.165) is 19.4 Å². The summed E-state index contributed by atoms with van der Waals surface area (Å²) in [5.74, 6) is 0.204. The zero-order chi connectivity index (χ0) is 15.1. The number of nitrogens with one attached hydrogen (secondary N) is 1. The molecule has 1 fully saturated rings. The van der Waals surface area contributed by atoms with Crippen LogP contribution in [0.15, 0.2) is 0 Å². The minimum absolute atomic E-state index is 0. The van der Waals surface area contributed by atoms with Gasteiger partial charge in [0.05, 0.1) is 0 Å². The Balaban J connectivity index is -0.0000000496. The minimum Gasteiger partial charge on any atom is -0.652 e. The van der Waals surface area contributed by atoms with E-state index in [0.29, 0.717) is 0 Å². The van der Waals surface area contributed by atoms with Gasteiger partial charge >= 0.3 is 34.7 Å². The predicted octanol–water partition coefficient (Wildman–Crippen LogP) is -8.21. The SMILES string of the molecule is O=C([O-])[O-].O=C([O-])[O-].O=C([O-])[O-].O=C1CCCN1.[Al+3].[Al+3]. The van der Waals surface area contributed by atoms with Crippen molar-refractivity contribution < 1.29 is 49.8 Å². The van der Waals surface area contributed by atoms with Crippen LogP contribution >= 0.6 is 0 Å². The molecule has 0 aromatic carbocycles. The molecule has 0 aromatic rings. The van der Waals surface area contributed by atoms with Crippen LogP contribution in [0.5, 0.6) is 0 Å². The van der Waals surface area contributed by atoms with Gasteiger partial charge in [0, 0.05) is 13.0 Å². The fourth-order valence-corrected chi connectivity index (χ4v) is 0.565. The van der Waals surface area contributed by atoms with Crippen molar-refractivity contribution in [2.45, 2.75) is 12.8 Å². The fourth-order valence-electron chi connectivity index (χ4n) is 0.565. The molecule has 106 valence electrons. The van der Waals surface area contributed by atoms with E-state index >= 15 is 0 Å². The summed E-state index contributed by atoms with van der Waals surface area (Å²) >= 11 is 0. The first-order valence-corrected chi connectivity index (χ1v) is 4.00. The molecule has 0 unspecified atom stereocenters. The summed E-state index contributed by atoms with van der Waals surface area (Å²) in [6.07, 6.45) is -5.24. The monoisotopic (exact) mass is 319 g/mol. The van der Waals surface area contributed by atoms with Gasteiger partial charge in [0.2, 0.25) is 5.91 Å². The number of carbonyl (C=O) groups excluding carboxylic acids is 4. The molecular weight excluding hydrogens is 312 g/mol. The molecule has 0 aromatic heterocycles. The van der Waals surface area contributed by atoms with Gasteiger partial charge in [0.1, 0.15) is 0 Å². The quantitative estimate of drug-likeness (QED) is 0.415. The summed E-state index contributed by atoms with van der Waals surface area (Å²) in [7, 11) is 0. The van der Waals surface area contributed by atoms with Gasteiger partial charge in [-0.3, -0.25) is 4.79 Å². The van der Waals surface area contributed by atoms with E-state index in [9.17, 15) is 4.79 Å². The molecule has 1 rings (SSSR count). The topological polar surface area (TPSA) is 219 Å². The van der Waals surface area contributed by atoms with Crippen LogP contribution < -0.4 is 36.0 Å². The number of hydrogen-bond acceptors (Lipinski definition) is 10.